The van der Waals surface area contributed by atoms with Gasteiger partial charge in [0.15, 0.2) is 0 Å². The van der Waals surface area contributed by atoms with Crippen molar-refractivity contribution in [3.05, 3.63) is 20.2 Å². The van der Waals surface area contributed by atoms with Crippen LogP contribution in [0, 0.1) is 20.2 Å². The number of nitro groups is 2. The maximum absolute atomic E-state index is 10.8. The Labute approximate surface area is 87.9 Å². The summed E-state index contributed by atoms with van der Waals surface area (Å²) in [5, 5.41) is 26.1. The Kier molecular flexibility index (Phi) is 4.37. The molecule has 0 amide bonds. The summed E-state index contributed by atoms with van der Waals surface area (Å²) in [7, 11) is 0. The van der Waals surface area contributed by atoms with Crippen LogP contribution in [-0.4, -0.2) is 38.8 Å². The highest BCUT2D eigenvalue weighted by atomic mass is 35.5. The third-order valence-corrected chi connectivity index (χ3v) is 1.85. The van der Waals surface area contributed by atoms with Crippen molar-refractivity contribution in [3.63, 3.8) is 0 Å². The molecule has 0 saturated carbocycles. The van der Waals surface area contributed by atoms with E-state index in [4.69, 9.17) is 16.7 Å². The summed E-state index contributed by atoms with van der Waals surface area (Å²) < 4.78 is 4.17. The van der Waals surface area contributed by atoms with Crippen molar-refractivity contribution in [1.82, 2.24) is 0 Å². The SMILES string of the molecule is CCOC(=O)C(O)C(Cl)([N+](=O)[O-])[N+](=O)[O-]. The predicted octanol–water partition coefficient (Wildman–Crippen LogP) is -0.644. The van der Waals surface area contributed by atoms with Gasteiger partial charge in [-0.3, -0.25) is 20.2 Å². The zero-order chi connectivity index (χ0) is 12.2. The van der Waals surface area contributed by atoms with Crippen LogP contribution in [0.4, 0.5) is 0 Å². The summed E-state index contributed by atoms with van der Waals surface area (Å²) in [4.78, 5) is 28.2. The normalized spacial score (nSPS) is 13.0. The molecule has 1 unspecified atom stereocenters. The van der Waals surface area contributed by atoms with E-state index in [-0.39, 0.29) is 6.61 Å². The lowest BCUT2D eigenvalue weighted by molar-refractivity contribution is -0.773. The summed E-state index contributed by atoms with van der Waals surface area (Å²) in [6.45, 7) is 1.16. The molecule has 0 aromatic rings. The van der Waals surface area contributed by atoms with Crippen molar-refractivity contribution in [1.29, 1.82) is 0 Å². The molecule has 0 heterocycles. The van der Waals surface area contributed by atoms with E-state index in [1.807, 2.05) is 0 Å². The highest BCUT2D eigenvalue weighted by molar-refractivity contribution is 6.23. The van der Waals surface area contributed by atoms with Gasteiger partial charge in [-0.05, 0) is 6.92 Å². The van der Waals surface area contributed by atoms with Gasteiger partial charge >= 0.3 is 17.2 Å². The van der Waals surface area contributed by atoms with E-state index in [1.54, 1.807) is 0 Å². The molecule has 15 heavy (non-hydrogen) atoms. The number of carbonyl (C=O) groups excluding carboxylic acids is 1. The summed E-state index contributed by atoms with van der Waals surface area (Å²) >= 11 is 4.94. The second-order valence-corrected chi connectivity index (χ2v) is 2.86. The van der Waals surface area contributed by atoms with Crippen LogP contribution in [0.5, 0.6) is 0 Å². The molecular formula is C5H7ClN2O7. The topological polar surface area (TPSA) is 133 Å². The minimum atomic E-state index is -3.52. The van der Waals surface area contributed by atoms with Gasteiger partial charge in [-0.15, -0.1) is 0 Å². The third kappa shape index (κ3) is 2.50. The fourth-order valence-electron chi connectivity index (χ4n) is 0.638. The molecular weight excluding hydrogens is 236 g/mol. The quantitative estimate of drug-likeness (QED) is 0.169. The molecule has 0 rings (SSSR count). The van der Waals surface area contributed by atoms with E-state index >= 15 is 0 Å². The van der Waals surface area contributed by atoms with Crippen LogP contribution in [0.3, 0.4) is 0 Å². The molecule has 0 aromatic carbocycles. The van der Waals surface area contributed by atoms with E-state index in [0.717, 1.165) is 0 Å². The Morgan fingerprint density at radius 2 is 1.93 bits per heavy atom. The number of rotatable bonds is 5. The molecule has 0 aromatic heterocycles. The van der Waals surface area contributed by atoms with Crippen LogP contribution >= 0.6 is 11.6 Å². The smallest absolute Gasteiger partial charge is 0.464 e. The van der Waals surface area contributed by atoms with Gasteiger partial charge in [-0.25, -0.2) is 4.79 Å². The number of aliphatic hydroxyl groups is 1. The highest BCUT2D eigenvalue weighted by Gasteiger charge is 2.65. The van der Waals surface area contributed by atoms with Gasteiger partial charge in [0.2, 0.25) is 0 Å². The number of hydrogen-bond donors (Lipinski definition) is 1. The number of carbonyl (C=O) groups is 1. The van der Waals surface area contributed by atoms with Gasteiger partial charge < -0.3 is 9.84 Å². The number of ether oxygens (including phenoxy) is 1. The Hall–Kier alpha value is -1.48. The molecule has 9 nitrogen and oxygen atoms in total. The molecule has 0 saturated heterocycles. The summed E-state index contributed by atoms with van der Waals surface area (Å²) in [6.07, 6.45) is -2.68. The lowest BCUT2D eigenvalue weighted by atomic mass is 10.3. The van der Waals surface area contributed by atoms with Crippen LogP contribution < -0.4 is 0 Å². The number of hydrogen-bond acceptors (Lipinski definition) is 7. The molecule has 1 N–H and O–H groups in total. The van der Waals surface area contributed by atoms with Crippen LogP contribution in [-0.2, 0) is 9.53 Å². The Balaban J connectivity index is 5.03. The molecule has 0 radical (unpaired) electrons. The largest absolute Gasteiger partial charge is 0.573 e. The first-order valence-electron chi connectivity index (χ1n) is 3.61. The summed E-state index contributed by atoms with van der Waals surface area (Å²) in [5.74, 6) is -1.53. The van der Waals surface area contributed by atoms with E-state index in [9.17, 15) is 25.0 Å². The van der Waals surface area contributed by atoms with Gasteiger partial charge in [0.05, 0.1) is 18.2 Å². The molecule has 0 aliphatic carbocycles. The van der Waals surface area contributed by atoms with Gasteiger partial charge in [-0.2, -0.15) is 0 Å². The van der Waals surface area contributed by atoms with Gasteiger partial charge in [0.25, 0.3) is 0 Å². The Bertz CT molecular complexity index is 279. The standard InChI is InChI=1S/C5H7ClN2O7/c1-2-15-4(10)3(9)5(6,7(11)12)8(13)14/h3,9H,2H2,1H3. The van der Waals surface area contributed by atoms with Crippen molar-refractivity contribution in [2.75, 3.05) is 6.61 Å². The highest BCUT2D eigenvalue weighted by Crippen LogP contribution is 2.22. The summed E-state index contributed by atoms with van der Waals surface area (Å²) in [6, 6.07) is 0. The van der Waals surface area contributed by atoms with Crippen molar-refractivity contribution in [2.45, 2.75) is 18.1 Å². The van der Waals surface area contributed by atoms with Gasteiger partial charge in [-0.1, -0.05) is 0 Å². The van der Waals surface area contributed by atoms with Crippen molar-refractivity contribution < 1.29 is 24.5 Å². The van der Waals surface area contributed by atoms with Crippen LogP contribution in [0.1, 0.15) is 6.92 Å². The first-order chi connectivity index (χ1) is 6.78. The Morgan fingerprint density at radius 3 is 2.20 bits per heavy atom. The summed E-state index contributed by atoms with van der Waals surface area (Å²) in [5.41, 5.74) is 0. The van der Waals surface area contributed by atoms with E-state index in [2.05, 4.69) is 4.74 Å². The zero-order valence-corrected chi connectivity index (χ0v) is 8.21. The van der Waals surface area contributed by atoms with Gasteiger partial charge in [0.1, 0.15) is 9.85 Å². The maximum Gasteiger partial charge on any atom is 0.573 e. The molecule has 0 aliphatic heterocycles. The minimum absolute atomic E-state index is 0.196. The number of aliphatic hydroxyl groups excluding tert-OH is 1. The van der Waals surface area contributed by atoms with E-state index in [1.165, 1.54) is 6.92 Å². The van der Waals surface area contributed by atoms with Gasteiger partial charge in [0, 0.05) is 0 Å². The number of esters is 1. The molecule has 1 atom stereocenters. The van der Waals surface area contributed by atoms with Crippen LogP contribution in [0.25, 0.3) is 0 Å². The predicted molar refractivity (Wildman–Crippen MR) is 45.2 cm³/mol. The third-order valence-electron chi connectivity index (χ3n) is 1.37. The molecule has 86 valence electrons. The molecule has 0 spiro atoms. The van der Waals surface area contributed by atoms with Crippen LogP contribution in [0.2, 0.25) is 0 Å². The molecule has 0 aliphatic rings. The second-order valence-electron chi connectivity index (χ2n) is 2.31. The second kappa shape index (κ2) is 4.84. The average Bonchev–Trinajstić information content (AvgIpc) is 2.15. The number of nitrogens with zero attached hydrogens (tertiary/aromatic N) is 2. The van der Waals surface area contributed by atoms with Crippen LogP contribution in [0.15, 0.2) is 0 Å². The first-order valence-corrected chi connectivity index (χ1v) is 3.98. The first kappa shape index (κ1) is 13.5. The number of halogens is 1. The fraction of sp³-hybridized carbons (Fsp3) is 0.800. The Morgan fingerprint density at radius 1 is 1.53 bits per heavy atom. The van der Waals surface area contributed by atoms with E-state index < -0.39 is 27.0 Å². The number of alkyl halides is 1. The molecule has 10 heteroatoms. The zero-order valence-electron chi connectivity index (χ0n) is 7.45. The van der Waals surface area contributed by atoms with Crippen molar-refractivity contribution in [3.8, 4) is 0 Å². The van der Waals surface area contributed by atoms with E-state index in [0.29, 0.717) is 0 Å². The maximum atomic E-state index is 10.8. The molecule has 0 fully saturated rings. The monoisotopic (exact) mass is 242 g/mol. The van der Waals surface area contributed by atoms with Crippen molar-refractivity contribution >= 4 is 17.6 Å². The minimum Gasteiger partial charge on any atom is -0.464 e. The van der Waals surface area contributed by atoms with Crippen molar-refractivity contribution in [2.24, 2.45) is 0 Å². The lowest BCUT2D eigenvalue weighted by Gasteiger charge is -2.14. The fourth-order valence-corrected chi connectivity index (χ4v) is 0.727. The molecule has 0 bridgehead atoms. The lowest BCUT2D eigenvalue weighted by Crippen LogP contribution is -2.54. The average molecular weight is 243 g/mol.